The molecule has 1 aromatic rings. The van der Waals surface area contributed by atoms with Crippen molar-refractivity contribution in [2.45, 2.75) is 37.7 Å². The van der Waals surface area contributed by atoms with E-state index in [1.54, 1.807) is 0 Å². The Morgan fingerprint density at radius 3 is 2.32 bits per heavy atom. The molecule has 0 spiro atoms. The number of nitrogens with zero attached hydrogens (tertiary/aromatic N) is 1. The number of hydrogen-bond acceptors (Lipinski definition) is 4. The first kappa shape index (κ1) is 24.0. The Morgan fingerprint density at radius 1 is 1.18 bits per heavy atom. The molecule has 28 heavy (non-hydrogen) atoms. The molecule has 0 bridgehead atoms. The fourth-order valence-corrected chi connectivity index (χ4v) is 2.67. The molecule has 2 rings (SSSR count). The van der Waals surface area contributed by atoms with E-state index in [4.69, 9.17) is 14.6 Å². The van der Waals surface area contributed by atoms with E-state index in [1.165, 1.54) is 18.2 Å². The minimum Gasteiger partial charge on any atom is -0.493 e. The molecule has 2 N–H and O–H groups in total. The van der Waals surface area contributed by atoms with E-state index < -0.39 is 23.9 Å². The van der Waals surface area contributed by atoms with Crippen molar-refractivity contribution >= 4 is 5.97 Å². The molecule has 0 aliphatic carbocycles. The number of rotatable bonds is 6. The predicted molar refractivity (Wildman–Crippen MR) is 86.9 cm³/mol. The molecule has 1 heterocycles. The van der Waals surface area contributed by atoms with Gasteiger partial charge in [0.05, 0.1) is 18.8 Å². The maximum Gasteiger partial charge on any atom is 0.490 e. The van der Waals surface area contributed by atoms with E-state index in [9.17, 15) is 31.4 Å². The highest BCUT2D eigenvalue weighted by Gasteiger charge is 2.38. The zero-order valence-electron chi connectivity index (χ0n) is 14.8. The van der Waals surface area contributed by atoms with Crippen molar-refractivity contribution in [3.63, 3.8) is 0 Å². The minimum absolute atomic E-state index is 0.120. The van der Waals surface area contributed by atoms with Crippen molar-refractivity contribution in [2.75, 3.05) is 26.3 Å². The van der Waals surface area contributed by atoms with Crippen LogP contribution in [0.25, 0.3) is 0 Å². The number of hydrogen-bond donors (Lipinski definition) is 2. The average Bonchev–Trinajstić information content (AvgIpc) is 3.05. The number of alkyl halides is 6. The summed E-state index contributed by atoms with van der Waals surface area (Å²) in [6.45, 7) is 2.04. The molecule has 0 saturated carbocycles. The molecule has 1 aromatic carbocycles. The number of halogens is 6. The lowest BCUT2D eigenvalue weighted by Crippen LogP contribution is -2.33. The second-order valence-corrected chi connectivity index (χ2v) is 6.01. The van der Waals surface area contributed by atoms with Crippen LogP contribution in [0.15, 0.2) is 24.3 Å². The van der Waals surface area contributed by atoms with Crippen LogP contribution < -0.4 is 4.74 Å². The van der Waals surface area contributed by atoms with Crippen LogP contribution in [0.1, 0.15) is 24.8 Å². The monoisotopic (exact) mass is 417 g/mol. The second-order valence-electron chi connectivity index (χ2n) is 6.01. The van der Waals surface area contributed by atoms with Gasteiger partial charge in [0.2, 0.25) is 0 Å². The van der Waals surface area contributed by atoms with Crippen LogP contribution >= 0.6 is 0 Å². The first-order chi connectivity index (χ1) is 13.0. The number of carboxylic acids is 1. The van der Waals surface area contributed by atoms with Crippen molar-refractivity contribution in [3.8, 4) is 5.75 Å². The highest BCUT2D eigenvalue weighted by Crippen LogP contribution is 2.35. The Balaban J connectivity index is 0.000000480. The quantitative estimate of drug-likeness (QED) is 0.547. The summed E-state index contributed by atoms with van der Waals surface area (Å²) in [5, 5.41) is 16.3. The Hall–Kier alpha value is -2.01. The molecule has 1 aliphatic heterocycles. The van der Waals surface area contributed by atoms with Gasteiger partial charge in [0.15, 0.2) is 0 Å². The molecular weight excluding hydrogens is 396 g/mol. The lowest BCUT2D eigenvalue weighted by Gasteiger charge is -2.22. The summed E-state index contributed by atoms with van der Waals surface area (Å²) in [5.41, 5.74) is -0.737. The normalized spacial score (nSPS) is 17.8. The standard InChI is InChI=1S/C15H20F3NO2.C2HF3O2/c16-15(17,18)13-6-1-2-7-14(13)21-10-4-9-19-8-3-5-12(19)11-20;3-2(4,5)1(6)7/h1-2,6-7,12,20H,3-5,8-11H2;(H,6,7)/t12-;/m0./s1. The molecule has 0 radical (unpaired) electrons. The van der Waals surface area contributed by atoms with Gasteiger partial charge in [0.25, 0.3) is 0 Å². The number of likely N-dealkylation sites (tertiary alicyclic amines) is 1. The number of ether oxygens (including phenoxy) is 1. The van der Waals surface area contributed by atoms with Gasteiger partial charge in [-0.25, -0.2) is 4.79 Å². The summed E-state index contributed by atoms with van der Waals surface area (Å²) in [4.78, 5) is 11.1. The number of para-hydroxylation sites is 1. The lowest BCUT2D eigenvalue weighted by atomic mass is 10.2. The fraction of sp³-hybridized carbons (Fsp3) is 0.588. The fourth-order valence-electron chi connectivity index (χ4n) is 2.67. The van der Waals surface area contributed by atoms with Gasteiger partial charge in [0.1, 0.15) is 5.75 Å². The Labute approximate surface area is 157 Å². The number of aliphatic hydroxyl groups is 1. The van der Waals surface area contributed by atoms with Gasteiger partial charge in [-0.15, -0.1) is 0 Å². The largest absolute Gasteiger partial charge is 0.493 e. The Kier molecular flexibility index (Phi) is 9.02. The Morgan fingerprint density at radius 2 is 1.79 bits per heavy atom. The van der Waals surface area contributed by atoms with E-state index >= 15 is 0 Å². The maximum atomic E-state index is 12.8. The summed E-state index contributed by atoms with van der Waals surface area (Å²) >= 11 is 0. The summed E-state index contributed by atoms with van der Waals surface area (Å²) in [6, 6.07) is 5.44. The van der Waals surface area contributed by atoms with Gasteiger partial charge in [-0.05, 0) is 37.9 Å². The number of carboxylic acid groups (broad SMARTS) is 1. The highest BCUT2D eigenvalue weighted by atomic mass is 19.4. The van der Waals surface area contributed by atoms with E-state index in [1.807, 2.05) is 0 Å². The van der Waals surface area contributed by atoms with Crippen LogP contribution in [0.5, 0.6) is 5.75 Å². The predicted octanol–water partition coefficient (Wildman–Crippen LogP) is 3.56. The smallest absolute Gasteiger partial charge is 0.490 e. The molecule has 0 aromatic heterocycles. The minimum atomic E-state index is -5.08. The van der Waals surface area contributed by atoms with Crippen LogP contribution in [0.4, 0.5) is 26.3 Å². The van der Waals surface area contributed by atoms with Crippen molar-refractivity contribution in [1.82, 2.24) is 4.90 Å². The third-order valence-electron chi connectivity index (χ3n) is 3.99. The average molecular weight is 417 g/mol. The number of carbonyl (C=O) groups is 1. The molecule has 160 valence electrons. The van der Waals surface area contributed by atoms with Crippen molar-refractivity contribution in [3.05, 3.63) is 29.8 Å². The van der Waals surface area contributed by atoms with Gasteiger partial charge in [0, 0.05) is 12.6 Å². The molecule has 1 atom stereocenters. The van der Waals surface area contributed by atoms with E-state index in [0.717, 1.165) is 32.0 Å². The number of aliphatic carboxylic acids is 1. The van der Waals surface area contributed by atoms with Crippen molar-refractivity contribution in [2.24, 2.45) is 0 Å². The molecule has 1 aliphatic rings. The second kappa shape index (κ2) is 10.5. The van der Waals surface area contributed by atoms with Crippen LogP contribution in [-0.4, -0.2) is 59.6 Å². The zero-order valence-corrected chi connectivity index (χ0v) is 14.8. The summed E-state index contributed by atoms with van der Waals surface area (Å²) in [7, 11) is 0. The lowest BCUT2D eigenvalue weighted by molar-refractivity contribution is -0.192. The first-order valence-electron chi connectivity index (χ1n) is 8.41. The molecule has 1 fully saturated rings. The van der Waals surface area contributed by atoms with Crippen molar-refractivity contribution < 1.29 is 46.1 Å². The maximum absolute atomic E-state index is 12.8. The van der Waals surface area contributed by atoms with E-state index in [0.29, 0.717) is 6.42 Å². The van der Waals surface area contributed by atoms with Gasteiger partial charge < -0.3 is 14.9 Å². The first-order valence-corrected chi connectivity index (χ1v) is 8.41. The van der Waals surface area contributed by atoms with Crippen LogP contribution in [-0.2, 0) is 11.0 Å². The van der Waals surface area contributed by atoms with Crippen LogP contribution in [0.2, 0.25) is 0 Å². The number of benzene rings is 1. The van der Waals surface area contributed by atoms with Crippen LogP contribution in [0.3, 0.4) is 0 Å². The van der Waals surface area contributed by atoms with E-state index in [-0.39, 0.29) is 25.0 Å². The van der Waals surface area contributed by atoms with Crippen LogP contribution in [0, 0.1) is 0 Å². The third kappa shape index (κ3) is 7.93. The van der Waals surface area contributed by atoms with Gasteiger partial charge in [-0.2, -0.15) is 26.3 Å². The molecule has 0 unspecified atom stereocenters. The molecule has 5 nitrogen and oxygen atoms in total. The summed E-state index contributed by atoms with van der Waals surface area (Å²) in [5.74, 6) is -2.88. The van der Waals surface area contributed by atoms with E-state index in [2.05, 4.69) is 4.90 Å². The molecule has 11 heteroatoms. The third-order valence-corrected chi connectivity index (χ3v) is 3.99. The summed E-state index contributed by atoms with van der Waals surface area (Å²) < 4.78 is 75.4. The SMILES string of the molecule is O=C(O)C(F)(F)F.OC[C@@H]1CCCN1CCCOc1ccccc1C(F)(F)F. The molecule has 1 saturated heterocycles. The molecule has 0 amide bonds. The van der Waals surface area contributed by atoms with Gasteiger partial charge in [-0.3, -0.25) is 4.90 Å². The van der Waals surface area contributed by atoms with Gasteiger partial charge >= 0.3 is 18.3 Å². The molecular formula is C17H21F6NO4. The summed E-state index contributed by atoms with van der Waals surface area (Å²) in [6.07, 6.45) is -6.80. The number of aliphatic hydroxyl groups excluding tert-OH is 1. The Bertz CT molecular complexity index is 620. The topological polar surface area (TPSA) is 70.0 Å². The highest BCUT2D eigenvalue weighted by molar-refractivity contribution is 5.73. The van der Waals surface area contributed by atoms with Crippen molar-refractivity contribution in [1.29, 1.82) is 0 Å². The van der Waals surface area contributed by atoms with Gasteiger partial charge in [-0.1, -0.05) is 12.1 Å². The zero-order chi connectivity index (χ0) is 21.4.